The van der Waals surface area contributed by atoms with Crippen molar-refractivity contribution in [3.8, 4) is 11.8 Å². The summed E-state index contributed by atoms with van der Waals surface area (Å²) < 4.78 is 37.2. The van der Waals surface area contributed by atoms with Crippen molar-refractivity contribution in [1.82, 2.24) is 0 Å². The number of hydrogen-bond donors (Lipinski definition) is 1. The molecule has 0 bridgehead atoms. The van der Waals surface area contributed by atoms with E-state index in [2.05, 4.69) is 11.8 Å². The van der Waals surface area contributed by atoms with E-state index in [1.54, 1.807) is 0 Å². The molecule has 1 aromatic rings. The van der Waals surface area contributed by atoms with Crippen LogP contribution in [0, 0.1) is 24.6 Å². The Hall–Kier alpha value is -1.87. The summed E-state index contributed by atoms with van der Waals surface area (Å²) >= 11 is 0. The molecule has 96 valence electrons. The molecule has 0 atom stereocenters. The zero-order valence-corrected chi connectivity index (χ0v) is 10.6. The monoisotopic (exact) mass is 270 g/mol. The average molecular weight is 270 g/mol. The van der Waals surface area contributed by atoms with Crippen LogP contribution in [-0.4, -0.2) is 25.2 Å². The Morgan fingerprint density at radius 1 is 1.44 bits per heavy atom. The van der Waals surface area contributed by atoms with E-state index in [4.69, 9.17) is 5.11 Å². The number of rotatable bonds is 3. The van der Waals surface area contributed by atoms with Gasteiger partial charge in [-0.15, -0.1) is 5.92 Å². The minimum absolute atomic E-state index is 0.0992. The summed E-state index contributed by atoms with van der Waals surface area (Å²) in [5.41, 5.74) is -0.501. The molecule has 0 aromatic heterocycles. The number of benzene rings is 1. The topological polar surface area (TPSA) is 71.4 Å². The predicted octanol–water partition coefficient (Wildman–Crippen LogP) is 1.63. The Labute approximate surface area is 104 Å². The third kappa shape index (κ3) is 2.87. The molecule has 4 nitrogen and oxygen atoms in total. The molecule has 6 heteroatoms. The molecular weight excluding hydrogens is 259 g/mol. The zero-order valence-electron chi connectivity index (χ0n) is 9.82. The van der Waals surface area contributed by atoms with E-state index in [9.17, 15) is 17.6 Å². The van der Waals surface area contributed by atoms with Gasteiger partial charge >= 0.3 is 5.97 Å². The summed E-state index contributed by atoms with van der Waals surface area (Å²) in [6.45, 7) is 2.77. The molecule has 0 spiro atoms. The maximum absolute atomic E-state index is 13.5. The second-order valence-electron chi connectivity index (χ2n) is 3.57. The molecule has 0 aliphatic heterocycles. The van der Waals surface area contributed by atoms with Crippen LogP contribution in [0.3, 0.4) is 0 Å². The smallest absolute Gasteiger partial charge is 0.335 e. The first kappa shape index (κ1) is 14.2. The van der Waals surface area contributed by atoms with E-state index >= 15 is 0 Å². The van der Waals surface area contributed by atoms with E-state index in [1.165, 1.54) is 13.8 Å². The zero-order chi connectivity index (χ0) is 13.9. The van der Waals surface area contributed by atoms with E-state index in [1.807, 2.05) is 0 Å². The van der Waals surface area contributed by atoms with Gasteiger partial charge in [0.15, 0.2) is 9.84 Å². The van der Waals surface area contributed by atoms with Crippen molar-refractivity contribution < 1.29 is 22.7 Å². The highest BCUT2D eigenvalue weighted by atomic mass is 32.2. The van der Waals surface area contributed by atoms with Crippen molar-refractivity contribution in [2.75, 3.05) is 5.75 Å². The van der Waals surface area contributed by atoms with E-state index < -0.39 is 32.9 Å². The number of aromatic carboxylic acids is 1. The molecule has 0 aliphatic carbocycles. The van der Waals surface area contributed by atoms with Crippen molar-refractivity contribution in [2.24, 2.45) is 0 Å². The number of carboxylic acid groups (broad SMARTS) is 1. The number of sulfone groups is 1. The normalized spacial score (nSPS) is 10.6. The maximum atomic E-state index is 13.5. The number of halogens is 1. The van der Waals surface area contributed by atoms with Gasteiger partial charge in [-0.05, 0) is 26.0 Å². The van der Waals surface area contributed by atoms with Crippen LogP contribution < -0.4 is 0 Å². The van der Waals surface area contributed by atoms with Crippen LogP contribution in [0.15, 0.2) is 17.0 Å². The lowest BCUT2D eigenvalue weighted by molar-refractivity contribution is 0.0696. The fraction of sp³-hybridized carbons (Fsp3) is 0.250. The van der Waals surface area contributed by atoms with Crippen molar-refractivity contribution in [3.05, 3.63) is 29.1 Å². The van der Waals surface area contributed by atoms with Crippen molar-refractivity contribution >= 4 is 15.8 Å². The molecule has 0 aliphatic rings. The molecule has 18 heavy (non-hydrogen) atoms. The fourth-order valence-corrected chi connectivity index (χ4v) is 2.71. The largest absolute Gasteiger partial charge is 0.478 e. The standard InChI is InChI=1S/C12H11FO4S/c1-3-4-5-18(16,17)11-7-9(12(14)15)6-10(13)8(11)2/h6-7H,5H2,1-2H3,(H,14,15). The summed E-state index contributed by atoms with van der Waals surface area (Å²) in [6, 6.07) is 1.75. The Morgan fingerprint density at radius 2 is 2.06 bits per heavy atom. The van der Waals surface area contributed by atoms with Crippen molar-refractivity contribution in [1.29, 1.82) is 0 Å². The predicted molar refractivity (Wildman–Crippen MR) is 63.6 cm³/mol. The molecule has 0 unspecified atom stereocenters. The van der Waals surface area contributed by atoms with Crippen LogP contribution in [0.5, 0.6) is 0 Å². The van der Waals surface area contributed by atoms with Gasteiger partial charge in [-0.2, -0.15) is 0 Å². The van der Waals surface area contributed by atoms with Gasteiger partial charge in [-0.1, -0.05) is 5.92 Å². The molecule has 1 rings (SSSR count). The van der Waals surface area contributed by atoms with Gasteiger partial charge in [-0.3, -0.25) is 0 Å². The number of hydrogen-bond acceptors (Lipinski definition) is 3. The van der Waals surface area contributed by atoms with Crippen LogP contribution >= 0.6 is 0 Å². The van der Waals surface area contributed by atoms with Gasteiger partial charge < -0.3 is 5.11 Å². The summed E-state index contributed by atoms with van der Waals surface area (Å²) in [6.07, 6.45) is 0. The third-order valence-electron chi connectivity index (χ3n) is 2.32. The molecule has 0 saturated carbocycles. The third-order valence-corrected chi connectivity index (χ3v) is 3.94. The van der Waals surface area contributed by atoms with Crippen LogP contribution in [0.1, 0.15) is 22.8 Å². The molecule has 0 amide bonds. The number of carboxylic acids is 1. The molecule has 1 aromatic carbocycles. The Balaban J connectivity index is 3.47. The quantitative estimate of drug-likeness (QED) is 0.847. The number of carbonyl (C=O) groups is 1. The van der Waals surface area contributed by atoms with Crippen LogP contribution in [0.2, 0.25) is 0 Å². The highest BCUT2D eigenvalue weighted by molar-refractivity contribution is 7.91. The Kier molecular flexibility index (Phi) is 4.09. The van der Waals surface area contributed by atoms with Crippen LogP contribution in [0.4, 0.5) is 4.39 Å². The first-order valence-electron chi connectivity index (χ1n) is 4.95. The molecule has 0 fully saturated rings. The van der Waals surface area contributed by atoms with Gasteiger partial charge in [-0.25, -0.2) is 17.6 Å². The SMILES string of the molecule is CC#CCS(=O)(=O)c1cc(C(=O)O)cc(F)c1C. The summed E-state index contributed by atoms with van der Waals surface area (Å²) in [7, 11) is -3.81. The highest BCUT2D eigenvalue weighted by Gasteiger charge is 2.21. The molecular formula is C12H11FO4S. The van der Waals surface area contributed by atoms with E-state index in [0.29, 0.717) is 0 Å². The lowest BCUT2D eigenvalue weighted by Gasteiger charge is -2.07. The summed E-state index contributed by atoms with van der Waals surface area (Å²) in [5.74, 6) is 2.09. The highest BCUT2D eigenvalue weighted by Crippen LogP contribution is 2.21. The Morgan fingerprint density at radius 3 is 2.56 bits per heavy atom. The lowest BCUT2D eigenvalue weighted by Crippen LogP contribution is -2.10. The minimum Gasteiger partial charge on any atom is -0.478 e. The second kappa shape index (κ2) is 5.19. The first-order valence-corrected chi connectivity index (χ1v) is 6.60. The van der Waals surface area contributed by atoms with E-state index in [-0.39, 0.29) is 10.5 Å². The molecule has 0 radical (unpaired) electrons. The minimum atomic E-state index is -3.81. The van der Waals surface area contributed by atoms with Gasteiger partial charge in [0.1, 0.15) is 11.6 Å². The first-order chi connectivity index (χ1) is 8.29. The molecule has 1 N–H and O–H groups in total. The van der Waals surface area contributed by atoms with Gasteiger partial charge in [0.05, 0.1) is 10.5 Å². The van der Waals surface area contributed by atoms with Crippen LogP contribution in [0.25, 0.3) is 0 Å². The van der Waals surface area contributed by atoms with E-state index in [0.717, 1.165) is 12.1 Å². The van der Waals surface area contributed by atoms with Crippen molar-refractivity contribution in [2.45, 2.75) is 18.7 Å². The second-order valence-corrected chi connectivity index (χ2v) is 5.53. The van der Waals surface area contributed by atoms with Crippen LogP contribution in [-0.2, 0) is 9.84 Å². The van der Waals surface area contributed by atoms with Gasteiger partial charge in [0.25, 0.3) is 0 Å². The van der Waals surface area contributed by atoms with Gasteiger partial charge in [0, 0.05) is 5.56 Å². The average Bonchev–Trinajstić information content (AvgIpc) is 2.29. The summed E-state index contributed by atoms with van der Waals surface area (Å²) in [5, 5.41) is 8.78. The Bertz CT molecular complexity index is 651. The maximum Gasteiger partial charge on any atom is 0.335 e. The fourth-order valence-electron chi connectivity index (χ4n) is 1.35. The molecule has 0 saturated heterocycles. The summed E-state index contributed by atoms with van der Waals surface area (Å²) in [4.78, 5) is 10.4. The lowest BCUT2D eigenvalue weighted by atomic mass is 10.1. The van der Waals surface area contributed by atoms with Gasteiger partial charge in [0.2, 0.25) is 0 Å². The van der Waals surface area contributed by atoms with Crippen molar-refractivity contribution in [3.63, 3.8) is 0 Å². The molecule has 0 heterocycles.